The van der Waals surface area contributed by atoms with E-state index in [1.165, 1.54) is 38.5 Å². The van der Waals surface area contributed by atoms with Gasteiger partial charge in [0, 0.05) is 17.4 Å². The van der Waals surface area contributed by atoms with Crippen molar-refractivity contribution in [2.75, 3.05) is 0 Å². The molecule has 0 aromatic carbocycles. The number of hydrogen-bond donors (Lipinski definition) is 1. The first-order valence-corrected chi connectivity index (χ1v) is 7.20. The second-order valence-corrected chi connectivity index (χ2v) is 6.78. The summed E-state index contributed by atoms with van der Waals surface area (Å²) >= 11 is 0. The Labute approximate surface area is 109 Å². The van der Waals surface area contributed by atoms with E-state index in [1.807, 2.05) is 0 Å². The molecule has 3 rings (SSSR count). The number of hydrogen-bond acceptors (Lipinski definition) is 3. The predicted octanol–water partition coefficient (Wildman–Crippen LogP) is 3.73. The third-order valence-electron chi connectivity index (χ3n) is 4.68. The molecule has 18 heavy (non-hydrogen) atoms. The van der Waals surface area contributed by atoms with Gasteiger partial charge in [-0.3, -0.25) is 0 Å². The summed E-state index contributed by atoms with van der Waals surface area (Å²) in [5.74, 6) is 2.00. The van der Waals surface area contributed by atoms with Gasteiger partial charge in [-0.15, -0.1) is 0 Å². The number of aliphatic hydroxyl groups excluding tert-OH is 1. The molecule has 3 nitrogen and oxygen atoms in total. The summed E-state index contributed by atoms with van der Waals surface area (Å²) in [7, 11) is 0. The monoisotopic (exact) mass is 249 g/mol. The third-order valence-corrected chi connectivity index (χ3v) is 4.68. The molecule has 0 aliphatic heterocycles. The van der Waals surface area contributed by atoms with Crippen molar-refractivity contribution in [2.24, 2.45) is 5.41 Å². The number of aromatic nitrogens is 1. The molecule has 0 spiro atoms. The van der Waals surface area contributed by atoms with E-state index in [-0.39, 0.29) is 6.61 Å². The number of rotatable bonds is 3. The second-order valence-electron chi connectivity index (χ2n) is 6.78. The van der Waals surface area contributed by atoms with Gasteiger partial charge in [0.25, 0.3) is 0 Å². The fourth-order valence-electron chi connectivity index (χ4n) is 3.15. The molecule has 2 aliphatic rings. The molecule has 0 atom stereocenters. The van der Waals surface area contributed by atoms with E-state index < -0.39 is 0 Å². The molecular formula is C15H23NO2. The van der Waals surface area contributed by atoms with E-state index in [0.29, 0.717) is 17.3 Å². The highest BCUT2D eigenvalue weighted by atomic mass is 16.5. The number of nitrogens with zero attached hydrogens (tertiary/aromatic N) is 1. The van der Waals surface area contributed by atoms with E-state index in [9.17, 15) is 5.11 Å². The Morgan fingerprint density at radius 1 is 1.17 bits per heavy atom. The van der Waals surface area contributed by atoms with Crippen LogP contribution in [0.4, 0.5) is 0 Å². The molecule has 0 bridgehead atoms. The summed E-state index contributed by atoms with van der Waals surface area (Å²) in [4.78, 5) is 0. The highest BCUT2D eigenvalue weighted by Crippen LogP contribution is 2.47. The Kier molecular flexibility index (Phi) is 2.97. The lowest BCUT2D eigenvalue weighted by atomic mass is 9.72. The third kappa shape index (κ3) is 2.20. The molecule has 0 amide bonds. The van der Waals surface area contributed by atoms with Gasteiger partial charge in [-0.05, 0) is 43.9 Å². The van der Waals surface area contributed by atoms with Crippen molar-refractivity contribution in [1.29, 1.82) is 0 Å². The van der Waals surface area contributed by atoms with Crippen LogP contribution in [0.3, 0.4) is 0 Å². The molecule has 100 valence electrons. The standard InChI is InChI=1S/C15H23NO2/c1-15(2)7-5-10(6-8-15)13-12(9-17)14(18-16-13)11-3-4-11/h10-11,17H,3-9H2,1-2H3. The summed E-state index contributed by atoms with van der Waals surface area (Å²) in [5.41, 5.74) is 2.52. The predicted molar refractivity (Wildman–Crippen MR) is 69.4 cm³/mol. The average molecular weight is 249 g/mol. The van der Waals surface area contributed by atoms with Crippen molar-refractivity contribution >= 4 is 0 Å². The molecule has 0 saturated heterocycles. The normalized spacial score (nSPS) is 24.4. The van der Waals surface area contributed by atoms with Crippen LogP contribution in [0.2, 0.25) is 0 Å². The lowest BCUT2D eigenvalue weighted by Gasteiger charge is -2.33. The minimum atomic E-state index is 0.0879. The topological polar surface area (TPSA) is 46.3 Å². The van der Waals surface area contributed by atoms with Gasteiger partial charge >= 0.3 is 0 Å². The summed E-state index contributed by atoms with van der Waals surface area (Å²) in [6.07, 6.45) is 7.23. The largest absolute Gasteiger partial charge is 0.391 e. The van der Waals surface area contributed by atoms with E-state index in [1.54, 1.807) is 0 Å². The maximum absolute atomic E-state index is 9.60. The molecule has 1 aromatic rings. The van der Waals surface area contributed by atoms with Crippen LogP contribution in [-0.4, -0.2) is 10.3 Å². The van der Waals surface area contributed by atoms with E-state index >= 15 is 0 Å². The summed E-state index contributed by atoms with van der Waals surface area (Å²) in [6.45, 7) is 4.77. The van der Waals surface area contributed by atoms with Gasteiger partial charge in [-0.1, -0.05) is 19.0 Å². The van der Waals surface area contributed by atoms with Crippen LogP contribution in [0.1, 0.15) is 81.2 Å². The van der Waals surface area contributed by atoms with Crippen LogP contribution in [0.15, 0.2) is 4.52 Å². The highest BCUT2D eigenvalue weighted by molar-refractivity contribution is 5.30. The van der Waals surface area contributed by atoms with E-state index in [0.717, 1.165) is 17.0 Å². The van der Waals surface area contributed by atoms with Crippen molar-refractivity contribution < 1.29 is 9.63 Å². The second kappa shape index (κ2) is 4.37. The molecule has 1 aromatic heterocycles. The average Bonchev–Trinajstić information content (AvgIpc) is 3.09. The Morgan fingerprint density at radius 2 is 1.83 bits per heavy atom. The van der Waals surface area contributed by atoms with Crippen molar-refractivity contribution in [2.45, 2.75) is 70.8 Å². The number of aliphatic hydroxyl groups is 1. The van der Waals surface area contributed by atoms with Gasteiger partial charge in [0.05, 0.1) is 12.3 Å². The zero-order valence-corrected chi connectivity index (χ0v) is 11.4. The zero-order chi connectivity index (χ0) is 12.8. The zero-order valence-electron chi connectivity index (χ0n) is 11.4. The Balaban J connectivity index is 1.80. The van der Waals surface area contributed by atoms with Gasteiger partial charge < -0.3 is 9.63 Å². The van der Waals surface area contributed by atoms with Gasteiger partial charge in [0.15, 0.2) is 0 Å². The first-order chi connectivity index (χ1) is 8.61. The molecular weight excluding hydrogens is 226 g/mol. The lowest BCUT2D eigenvalue weighted by Crippen LogP contribution is -2.21. The van der Waals surface area contributed by atoms with Crippen molar-refractivity contribution in [3.05, 3.63) is 17.0 Å². The molecule has 2 fully saturated rings. The molecule has 1 N–H and O–H groups in total. The van der Waals surface area contributed by atoms with Crippen LogP contribution in [-0.2, 0) is 6.61 Å². The SMILES string of the molecule is CC1(C)CCC(c2noc(C3CC3)c2CO)CC1. The molecule has 1 heterocycles. The van der Waals surface area contributed by atoms with E-state index in [4.69, 9.17) is 4.52 Å². The van der Waals surface area contributed by atoms with Crippen molar-refractivity contribution in [3.63, 3.8) is 0 Å². The maximum Gasteiger partial charge on any atom is 0.145 e. The summed E-state index contributed by atoms with van der Waals surface area (Å²) in [6, 6.07) is 0. The highest BCUT2D eigenvalue weighted by Gasteiger charge is 2.35. The van der Waals surface area contributed by atoms with Gasteiger partial charge in [-0.2, -0.15) is 0 Å². The van der Waals surface area contributed by atoms with E-state index in [2.05, 4.69) is 19.0 Å². The Bertz CT molecular complexity index is 422. The van der Waals surface area contributed by atoms with Crippen LogP contribution in [0.25, 0.3) is 0 Å². The first kappa shape index (κ1) is 12.2. The van der Waals surface area contributed by atoms with Crippen LogP contribution < -0.4 is 0 Å². The first-order valence-electron chi connectivity index (χ1n) is 7.20. The fraction of sp³-hybridized carbons (Fsp3) is 0.800. The fourth-order valence-corrected chi connectivity index (χ4v) is 3.15. The Hall–Kier alpha value is -0.830. The summed E-state index contributed by atoms with van der Waals surface area (Å²) < 4.78 is 5.51. The lowest BCUT2D eigenvalue weighted by molar-refractivity contribution is 0.217. The quantitative estimate of drug-likeness (QED) is 0.887. The van der Waals surface area contributed by atoms with Crippen LogP contribution in [0.5, 0.6) is 0 Å². The minimum absolute atomic E-state index is 0.0879. The molecule has 2 saturated carbocycles. The van der Waals surface area contributed by atoms with Crippen molar-refractivity contribution in [3.8, 4) is 0 Å². The molecule has 3 heteroatoms. The molecule has 0 unspecified atom stereocenters. The Morgan fingerprint density at radius 3 is 2.39 bits per heavy atom. The molecule has 0 radical (unpaired) electrons. The van der Waals surface area contributed by atoms with Gasteiger partial charge in [0.2, 0.25) is 0 Å². The summed E-state index contributed by atoms with van der Waals surface area (Å²) in [5, 5.41) is 13.9. The van der Waals surface area contributed by atoms with Crippen LogP contribution >= 0.6 is 0 Å². The van der Waals surface area contributed by atoms with Crippen molar-refractivity contribution in [1.82, 2.24) is 5.16 Å². The smallest absolute Gasteiger partial charge is 0.145 e. The minimum Gasteiger partial charge on any atom is -0.391 e. The van der Waals surface area contributed by atoms with Gasteiger partial charge in [0.1, 0.15) is 5.76 Å². The maximum atomic E-state index is 9.60. The van der Waals surface area contributed by atoms with Crippen LogP contribution in [0, 0.1) is 5.41 Å². The molecule has 2 aliphatic carbocycles. The van der Waals surface area contributed by atoms with Gasteiger partial charge in [-0.25, -0.2) is 0 Å².